The zero-order valence-electron chi connectivity index (χ0n) is 16.7. The minimum absolute atomic E-state index is 0.153. The topological polar surface area (TPSA) is 85.5 Å². The third kappa shape index (κ3) is 3.82. The van der Waals surface area contributed by atoms with Crippen molar-refractivity contribution in [2.75, 3.05) is 18.6 Å². The van der Waals surface area contributed by atoms with Crippen LogP contribution in [-0.2, 0) is 22.4 Å². The molecule has 6 nitrogen and oxygen atoms in total. The molecule has 1 aromatic heterocycles. The summed E-state index contributed by atoms with van der Waals surface area (Å²) in [5.74, 6) is -0.565. The maximum absolute atomic E-state index is 13.2. The summed E-state index contributed by atoms with van der Waals surface area (Å²) in [5.41, 5.74) is 11.0. The van der Waals surface area contributed by atoms with Crippen molar-refractivity contribution < 1.29 is 14.3 Å². The van der Waals surface area contributed by atoms with Gasteiger partial charge in [0.2, 0.25) is 5.91 Å². The van der Waals surface area contributed by atoms with Crippen molar-refractivity contribution in [3.63, 3.8) is 0 Å². The number of carbonyl (C=O) groups is 2. The summed E-state index contributed by atoms with van der Waals surface area (Å²) < 4.78 is 5.00. The fraction of sp³-hybridized carbons (Fsp3) is 0.208. The number of esters is 1. The van der Waals surface area contributed by atoms with Crippen molar-refractivity contribution in [1.29, 1.82) is 0 Å². The number of pyridine rings is 1. The van der Waals surface area contributed by atoms with Gasteiger partial charge in [0.15, 0.2) is 0 Å². The number of nitrogens with two attached hydrogens (primary N) is 1. The highest BCUT2D eigenvalue weighted by Gasteiger charge is 2.32. The first kappa shape index (κ1) is 19.8. The smallest absolute Gasteiger partial charge is 0.338 e. The van der Waals surface area contributed by atoms with E-state index in [1.165, 1.54) is 7.11 Å². The molecule has 0 spiro atoms. The lowest BCUT2D eigenvalue weighted by Gasteiger charge is -2.22. The van der Waals surface area contributed by atoms with E-state index in [0.29, 0.717) is 24.9 Å². The predicted molar refractivity (Wildman–Crippen MR) is 115 cm³/mol. The summed E-state index contributed by atoms with van der Waals surface area (Å²) in [7, 11) is 1.36. The molecule has 1 amide bonds. The number of methoxy groups -OCH3 is 1. The van der Waals surface area contributed by atoms with Gasteiger partial charge < -0.3 is 15.4 Å². The van der Waals surface area contributed by atoms with Gasteiger partial charge in [-0.25, -0.2) is 4.79 Å². The number of anilines is 1. The van der Waals surface area contributed by atoms with Crippen molar-refractivity contribution in [1.82, 2.24) is 4.98 Å². The number of benzene rings is 2. The Morgan fingerprint density at radius 3 is 2.53 bits per heavy atom. The molecule has 1 atom stereocenters. The lowest BCUT2D eigenvalue weighted by Crippen LogP contribution is -2.44. The first-order chi connectivity index (χ1) is 14.6. The van der Waals surface area contributed by atoms with Gasteiger partial charge in [-0.1, -0.05) is 30.3 Å². The van der Waals surface area contributed by atoms with Crippen LogP contribution in [0.4, 0.5) is 5.69 Å². The fourth-order valence-electron chi connectivity index (χ4n) is 3.89. The molecule has 2 aromatic carbocycles. The van der Waals surface area contributed by atoms with Crippen molar-refractivity contribution >= 4 is 17.6 Å². The van der Waals surface area contributed by atoms with Gasteiger partial charge in [-0.2, -0.15) is 0 Å². The van der Waals surface area contributed by atoms with E-state index in [4.69, 9.17) is 10.5 Å². The molecule has 0 radical (unpaired) electrons. The Balaban J connectivity index is 1.70. The van der Waals surface area contributed by atoms with Crippen LogP contribution in [-0.4, -0.2) is 36.6 Å². The van der Waals surface area contributed by atoms with Crippen LogP contribution >= 0.6 is 0 Å². The fourth-order valence-corrected chi connectivity index (χ4v) is 3.89. The van der Waals surface area contributed by atoms with Gasteiger partial charge in [-0.3, -0.25) is 9.78 Å². The van der Waals surface area contributed by atoms with E-state index in [1.807, 2.05) is 54.6 Å². The molecule has 152 valence electrons. The monoisotopic (exact) mass is 401 g/mol. The van der Waals surface area contributed by atoms with Crippen molar-refractivity contribution in [3.05, 3.63) is 83.7 Å². The first-order valence-electron chi connectivity index (χ1n) is 9.85. The molecule has 0 saturated carbocycles. The molecule has 0 fully saturated rings. The number of rotatable bonds is 5. The van der Waals surface area contributed by atoms with E-state index in [1.54, 1.807) is 17.3 Å². The van der Waals surface area contributed by atoms with Gasteiger partial charge in [0.05, 0.1) is 18.7 Å². The lowest BCUT2D eigenvalue weighted by molar-refractivity contribution is -0.119. The van der Waals surface area contributed by atoms with E-state index in [9.17, 15) is 9.59 Å². The minimum Gasteiger partial charge on any atom is -0.465 e. The summed E-state index contributed by atoms with van der Waals surface area (Å²) >= 11 is 0. The number of nitrogens with zero attached hydrogens (tertiary/aromatic N) is 2. The molecule has 0 saturated heterocycles. The number of carbonyl (C=O) groups excluding carboxylic acids is 2. The number of hydrogen-bond acceptors (Lipinski definition) is 5. The van der Waals surface area contributed by atoms with Crippen LogP contribution in [0.5, 0.6) is 0 Å². The summed E-state index contributed by atoms with van der Waals surface area (Å²) in [6, 6.07) is 16.5. The molecule has 1 aliphatic rings. The molecule has 2 N–H and O–H groups in total. The standard InChI is InChI=1S/C24H23N3O3/c1-30-24(29)20-14-18(17-7-10-26-11-8-17)15-22-19(20)9-12-27(22)23(28)21(25)13-16-5-3-2-4-6-16/h2-8,10-11,14-15,21H,9,12-13,25H2,1H3/t21-/m0/s1. The van der Waals surface area contributed by atoms with Crippen molar-refractivity contribution in [3.8, 4) is 11.1 Å². The average molecular weight is 401 g/mol. The molecule has 1 aliphatic heterocycles. The van der Waals surface area contributed by atoms with Crippen LogP contribution in [0, 0.1) is 0 Å². The van der Waals surface area contributed by atoms with E-state index in [0.717, 1.165) is 27.9 Å². The summed E-state index contributed by atoms with van der Waals surface area (Å²) in [4.78, 5) is 31.4. The van der Waals surface area contributed by atoms with Gasteiger partial charge >= 0.3 is 5.97 Å². The van der Waals surface area contributed by atoms with Gasteiger partial charge in [0.25, 0.3) is 0 Å². The van der Waals surface area contributed by atoms with Gasteiger partial charge in [-0.15, -0.1) is 0 Å². The Bertz CT molecular complexity index is 1070. The van der Waals surface area contributed by atoms with Gasteiger partial charge in [0, 0.05) is 24.6 Å². The number of ether oxygens (including phenoxy) is 1. The normalized spacial score (nSPS) is 13.6. The number of amides is 1. The third-order valence-corrected chi connectivity index (χ3v) is 5.40. The Labute approximate surface area is 175 Å². The maximum atomic E-state index is 13.2. The quantitative estimate of drug-likeness (QED) is 0.665. The SMILES string of the molecule is COC(=O)c1cc(-c2ccncc2)cc2c1CCN2C(=O)[C@@H](N)Cc1ccccc1. The largest absolute Gasteiger partial charge is 0.465 e. The average Bonchev–Trinajstić information content (AvgIpc) is 3.22. The highest BCUT2D eigenvalue weighted by Crippen LogP contribution is 2.36. The Morgan fingerprint density at radius 1 is 1.10 bits per heavy atom. The van der Waals surface area contributed by atoms with Crippen LogP contribution in [0.1, 0.15) is 21.5 Å². The predicted octanol–water partition coefficient (Wildman–Crippen LogP) is 2.99. The third-order valence-electron chi connectivity index (χ3n) is 5.40. The summed E-state index contributed by atoms with van der Waals surface area (Å²) in [5, 5.41) is 0. The van der Waals surface area contributed by atoms with Crippen molar-refractivity contribution in [2.45, 2.75) is 18.9 Å². The van der Waals surface area contributed by atoms with E-state index >= 15 is 0 Å². The zero-order chi connectivity index (χ0) is 21.1. The van der Waals surface area contributed by atoms with E-state index < -0.39 is 12.0 Å². The highest BCUT2D eigenvalue weighted by molar-refractivity contribution is 6.03. The van der Waals surface area contributed by atoms with Gasteiger partial charge in [-0.05, 0) is 59.4 Å². The second kappa shape index (κ2) is 8.47. The van der Waals surface area contributed by atoms with Gasteiger partial charge in [0.1, 0.15) is 0 Å². The van der Waals surface area contributed by atoms with E-state index in [2.05, 4.69) is 4.98 Å². The summed E-state index contributed by atoms with van der Waals surface area (Å²) in [6.45, 7) is 0.487. The van der Waals surface area contributed by atoms with Crippen LogP contribution in [0.3, 0.4) is 0 Å². The first-order valence-corrected chi connectivity index (χ1v) is 9.85. The molecule has 6 heteroatoms. The maximum Gasteiger partial charge on any atom is 0.338 e. The Morgan fingerprint density at radius 2 is 1.83 bits per heavy atom. The molecule has 4 rings (SSSR count). The second-order valence-corrected chi connectivity index (χ2v) is 7.29. The molecule has 30 heavy (non-hydrogen) atoms. The minimum atomic E-state index is -0.662. The summed E-state index contributed by atoms with van der Waals surface area (Å²) in [6.07, 6.45) is 4.43. The highest BCUT2D eigenvalue weighted by atomic mass is 16.5. The Kier molecular flexibility index (Phi) is 5.59. The molecular weight excluding hydrogens is 378 g/mol. The van der Waals surface area contributed by atoms with Crippen molar-refractivity contribution in [2.24, 2.45) is 5.73 Å². The molecule has 3 aromatic rings. The zero-order valence-corrected chi connectivity index (χ0v) is 16.7. The second-order valence-electron chi connectivity index (χ2n) is 7.29. The molecular formula is C24H23N3O3. The molecule has 0 bridgehead atoms. The number of fused-ring (bicyclic) bond motifs is 1. The van der Waals surface area contributed by atoms with Crippen LogP contribution in [0.2, 0.25) is 0 Å². The molecule has 0 aliphatic carbocycles. The number of aromatic nitrogens is 1. The van der Waals surface area contributed by atoms with Crippen LogP contribution < -0.4 is 10.6 Å². The van der Waals surface area contributed by atoms with Crippen LogP contribution in [0.25, 0.3) is 11.1 Å². The van der Waals surface area contributed by atoms with Crippen LogP contribution in [0.15, 0.2) is 67.0 Å². The molecule has 2 heterocycles. The molecule has 0 unspecified atom stereocenters. The Hall–Kier alpha value is -3.51. The van der Waals surface area contributed by atoms with E-state index in [-0.39, 0.29) is 5.91 Å². The number of hydrogen-bond donors (Lipinski definition) is 1. The lowest BCUT2D eigenvalue weighted by atomic mass is 9.97.